The average molecular weight is 374 g/mol. The fraction of sp³-hybridized carbons (Fsp3) is 0.333. The SMILES string of the molecule is Cc1sc2nc([C@@H](C)Sc3ccc4c(c3)OCCO4)[nH]c(=O)c2c1C. The fourth-order valence-electron chi connectivity index (χ4n) is 2.82. The molecule has 5 nitrogen and oxygen atoms in total. The number of ether oxygens (including phenoxy) is 2. The highest BCUT2D eigenvalue weighted by Crippen LogP contribution is 2.39. The summed E-state index contributed by atoms with van der Waals surface area (Å²) >= 11 is 3.21. The van der Waals surface area contributed by atoms with E-state index in [0.29, 0.717) is 24.4 Å². The van der Waals surface area contributed by atoms with E-state index < -0.39 is 0 Å². The summed E-state index contributed by atoms with van der Waals surface area (Å²) in [5.74, 6) is 2.24. The van der Waals surface area contributed by atoms with Crippen LogP contribution in [0.15, 0.2) is 27.9 Å². The summed E-state index contributed by atoms with van der Waals surface area (Å²) in [5.41, 5.74) is 0.962. The zero-order valence-corrected chi connectivity index (χ0v) is 15.8. The third-order valence-electron chi connectivity index (χ3n) is 4.27. The molecule has 0 unspecified atom stereocenters. The van der Waals surface area contributed by atoms with Gasteiger partial charge in [-0.2, -0.15) is 0 Å². The molecular formula is C18H18N2O3S2. The molecular weight excluding hydrogens is 356 g/mol. The first-order valence-corrected chi connectivity index (χ1v) is 9.79. The third kappa shape index (κ3) is 3.02. The van der Waals surface area contributed by atoms with Gasteiger partial charge in [0.15, 0.2) is 11.5 Å². The Hall–Kier alpha value is -1.99. The summed E-state index contributed by atoms with van der Waals surface area (Å²) in [6.07, 6.45) is 0. The Labute approximate surface area is 153 Å². The van der Waals surface area contributed by atoms with Gasteiger partial charge in [0.1, 0.15) is 23.9 Å². The van der Waals surface area contributed by atoms with Crippen molar-refractivity contribution in [2.24, 2.45) is 0 Å². The molecule has 0 saturated heterocycles. The molecule has 1 N–H and O–H groups in total. The number of thioether (sulfide) groups is 1. The monoisotopic (exact) mass is 374 g/mol. The number of aryl methyl sites for hydroxylation is 2. The Balaban J connectivity index is 1.64. The van der Waals surface area contributed by atoms with E-state index in [1.807, 2.05) is 39.0 Å². The van der Waals surface area contributed by atoms with Crippen molar-refractivity contribution in [2.75, 3.05) is 13.2 Å². The van der Waals surface area contributed by atoms with E-state index in [2.05, 4.69) is 9.97 Å². The first-order valence-electron chi connectivity index (χ1n) is 8.09. The average Bonchev–Trinajstić information content (AvgIpc) is 2.89. The molecule has 4 rings (SSSR count). The Morgan fingerprint density at radius 1 is 1.24 bits per heavy atom. The molecule has 0 spiro atoms. The van der Waals surface area contributed by atoms with Gasteiger partial charge in [-0.1, -0.05) is 0 Å². The van der Waals surface area contributed by atoms with Crippen molar-refractivity contribution in [3.63, 3.8) is 0 Å². The van der Waals surface area contributed by atoms with Crippen LogP contribution >= 0.6 is 23.1 Å². The van der Waals surface area contributed by atoms with Gasteiger partial charge in [-0.05, 0) is 44.5 Å². The minimum absolute atomic E-state index is 0.0161. The molecule has 7 heteroatoms. The number of hydrogen-bond acceptors (Lipinski definition) is 6. The number of aromatic nitrogens is 2. The lowest BCUT2D eigenvalue weighted by Crippen LogP contribution is -2.15. The van der Waals surface area contributed by atoms with Crippen molar-refractivity contribution in [1.29, 1.82) is 0 Å². The van der Waals surface area contributed by atoms with Crippen LogP contribution in [0.5, 0.6) is 11.5 Å². The van der Waals surface area contributed by atoms with Gasteiger partial charge in [-0.15, -0.1) is 23.1 Å². The highest BCUT2D eigenvalue weighted by Gasteiger charge is 2.18. The van der Waals surface area contributed by atoms with Gasteiger partial charge in [0, 0.05) is 9.77 Å². The van der Waals surface area contributed by atoms with E-state index in [0.717, 1.165) is 31.7 Å². The highest BCUT2D eigenvalue weighted by atomic mass is 32.2. The van der Waals surface area contributed by atoms with Crippen LogP contribution in [-0.4, -0.2) is 23.2 Å². The summed E-state index contributed by atoms with van der Waals surface area (Å²) in [7, 11) is 0. The van der Waals surface area contributed by atoms with Gasteiger partial charge in [-0.3, -0.25) is 4.79 Å². The van der Waals surface area contributed by atoms with E-state index in [1.54, 1.807) is 23.1 Å². The number of aromatic amines is 1. The molecule has 1 aromatic carbocycles. The van der Waals surface area contributed by atoms with Crippen LogP contribution in [0.1, 0.15) is 28.4 Å². The summed E-state index contributed by atoms with van der Waals surface area (Å²) < 4.78 is 11.2. The number of nitrogens with one attached hydrogen (secondary N) is 1. The molecule has 1 aliphatic rings. The van der Waals surface area contributed by atoms with Crippen molar-refractivity contribution in [3.8, 4) is 11.5 Å². The number of nitrogens with zero attached hydrogens (tertiary/aromatic N) is 1. The van der Waals surface area contributed by atoms with Crippen molar-refractivity contribution in [1.82, 2.24) is 9.97 Å². The van der Waals surface area contributed by atoms with Crippen molar-refractivity contribution >= 4 is 33.3 Å². The number of benzene rings is 1. The van der Waals surface area contributed by atoms with E-state index in [-0.39, 0.29) is 10.8 Å². The maximum absolute atomic E-state index is 12.4. The predicted molar refractivity (Wildman–Crippen MR) is 101 cm³/mol. The third-order valence-corrected chi connectivity index (χ3v) is 6.47. The van der Waals surface area contributed by atoms with Crippen molar-refractivity contribution < 1.29 is 9.47 Å². The first-order chi connectivity index (χ1) is 12.0. The molecule has 0 saturated carbocycles. The smallest absolute Gasteiger partial charge is 0.259 e. The Morgan fingerprint density at radius 2 is 2.00 bits per heavy atom. The lowest BCUT2D eigenvalue weighted by molar-refractivity contribution is 0.171. The maximum atomic E-state index is 12.4. The topological polar surface area (TPSA) is 64.2 Å². The fourth-order valence-corrected chi connectivity index (χ4v) is 4.81. The summed E-state index contributed by atoms with van der Waals surface area (Å²) in [5, 5.41) is 0.727. The van der Waals surface area contributed by atoms with E-state index >= 15 is 0 Å². The predicted octanol–water partition coefficient (Wildman–Crippen LogP) is 4.23. The minimum Gasteiger partial charge on any atom is -0.486 e. The van der Waals surface area contributed by atoms with E-state index in [1.165, 1.54) is 0 Å². The number of rotatable bonds is 3. The number of fused-ring (bicyclic) bond motifs is 2. The molecule has 2 aromatic heterocycles. The maximum Gasteiger partial charge on any atom is 0.259 e. The van der Waals surface area contributed by atoms with Gasteiger partial charge < -0.3 is 14.5 Å². The van der Waals surface area contributed by atoms with Crippen molar-refractivity contribution in [2.45, 2.75) is 30.9 Å². The zero-order valence-electron chi connectivity index (χ0n) is 14.2. The molecule has 0 bridgehead atoms. The second-order valence-corrected chi connectivity index (χ2v) is 8.60. The highest BCUT2D eigenvalue weighted by molar-refractivity contribution is 7.99. The lowest BCUT2D eigenvalue weighted by atomic mass is 10.2. The number of hydrogen-bond donors (Lipinski definition) is 1. The second-order valence-electron chi connectivity index (χ2n) is 5.98. The molecule has 0 fully saturated rings. The van der Waals surface area contributed by atoms with Crippen molar-refractivity contribution in [3.05, 3.63) is 44.8 Å². The molecule has 0 amide bonds. The standard InChI is InChI=1S/C18H18N2O3S2/c1-9-10(2)25-18-15(9)17(21)19-16(20-18)11(3)24-12-4-5-13-14(8-12)23-7-6-22-13/h4-5,8,11H,6-7H2,1-3H3,(H,19,20,21)/t11-/m1/s1. The molecule has 1 atom stereocenters. The van der Waals surface area contributed by atoms with Gasteiger partial charge in [0.25, 0.3) is 5.56 Å². The number of H-pyrrole nitrogens is 1. The largest absolute Gasteiger partial charge is 0.486 e. The Bertz CT molecular complexity index is 1010. The molecule has 1 aliphatic heterocycles. The molecule has 0 radical (unpaired) electrons. The quantitative estimate of drug-likeness (QED) is 0.695. The summed E-state index contributed by atoms with van der Waals surface area (Å²) in [6.45, 7) is 7.19. The van der Waals surface area contributed by atoms with Crippen LogP contribution < -0.4 is 15.0 Å². The van der Waals surface area contributed by atoms with Crippen LogP contribution in [0.4, 0.5) is 0 Å². The summed E-state index contributed by atoms with van der Waals surface area (Å²) in [6, 6.07) is 5.91. The van der Waals surface area contributed by atoms with Gasteiger partial charge in [0.2, 0.25) is 0 Å². The van der Waals surface area contributed by atoms with Gasteiger partial charge in [0.05, 0.1) is 10.6 Å². The van der Waals surface area contributed by atoms with Crippen LogP contribution in [0.25, 0.3) is 10.2 Å². The summed E-state index contributed by atoms with van der Waals surface area (Å²) in [4.78, 5) is 23.1. The van der Waals surface area contributed by atoms with E-state index in [9.17, 15) is 4.79 Å². The van der Waals surface area contributed by atoms with E-state index in [4.69, 9.17) is 9.47 Å². The Kier molecular flexibility index (Phi) is 4.21. The molecule has 3 aromatic rings. The molecule has 0 aliphatic carbocycles. The Morgan fingerprint density at radius 3 is 2.80 bits per heavy atom. The lowest BCUT2D eigenvalue weighted by Gasteiger charge is -2.19. The molecule has 25 heavy (non-hydrogen) atoms. The van der Waals surface area contributed by atoms with Crippen LogP contribution in [0, 0.1) is 13.8 Å². The minimum atomic E-state index is -0.0588. The molecule has 3 heterocycles. The van der Waals surface area contributed by atoms with Crippen LogP contribution in [-0.2, 0) is 0 Å². The normalized spacial score (nSPS) is 14.7. The van der Waals surface area contributed by atoms with Gasteiger partial charge >= 0.3 is 0 Å². The number of thiophene rings is 1. The first kappa shape index (κ1) is 16.5. The second kappa shape index (κ2) is 6.38. The van der Waals surface area contributed by atoms with Gasteiger partial charge in [-0.25, -0.2) is 4.98 Å². The van der Waals surface area contributed by atoms with Crippen LogP contribution in [0.2, 0.25) is 0 Å². The zero-order chi connectivity index (χ0) is 17.6. The van der Waals surface area contributed by atoms with Crippen LogP contribution in [0.3, 0.4) is 0 Å². The molecule has 130 valence electrons.